The Morgan fingerprint density at radius 3 is 2.67 bits per heavy atom. The quantitative estimate of drug-likeness (QED) is 0.792. The van der Waals surface area contributed by atoms with Crippen LogP contribution in [0.1, 0.15) is 36.1 Å². The van der Waals surface area contributed by atoms with Crippen LogP contribution in [0.3, 0.4) is 0 Å². The minimum absolute atomic E-state index is 0.0685. The average Bonchev–Trinajstić information content (AvgIpc) is 2.90. The van der Waals surface area contributed by atoms with Gasteiger partial charge in [-0.15, -0.1) is 0 Å². The summed E-state index contributed by atoms with van der Waals surface area (Å²) < 4.78 is 0. The molecule has 1 aliphatic rings. The fourth-order valence-electron chi connectivity index (χ4n) is 3.25. The van der Waals surface area contributed by atoms with Crippen LogP contribution in [0.25, 0.3) is 0 Å². The van der Waals surface area contributed by atoms with Crippen molar-refractivity contribution in [2.24, 2.45) is 0 Å². The van der Waals surface area contributed by atoms with E-state index >= 15 is 0 Å². The molecule has 0 fully saturated rings. The third-order valence-electron chi connectivity index (χ3n) is 4.58. The number of aliphatic hydroxyl groups is 1. The number of fused-ring (bicyclic) bond motifs is 1. The first kappa shape index (κ1) is 16.5. The third kappa shape index (κ3) is 3.95. The van der Waals surface area contributed by atoms with Crippen LogP contribution < -0.4 is 10.6 Å². The Bertz CT molecular complexity index is 687. The highest BCUT2D eigenvalue weighted by atomic mass is 16.3. The number of amides is 2. The molecule has 24 heavy (non-hydrogen) atoms. The van der Waals surface area contributed by atoms with E-state index in [-0.39, 0.29) is 18.1 Å². The summed E-state index contributed by atoms with van der Waals surface area (Å²) in [5, 5.41) is 16.1. The highest BCUT2D eigenvalue weighted by Gasteiger charge is 2.31. The van der Waals surface area contributed by atoms with Crippen LogP contribution in [0.5, 0.6) is 0 Å². The molecule has 2 aromatic rings. The number of aliphatic hydroxyl groups excluding tert-OH is 1. The van der Waals surface area contributed by atoms with E-state index in [1.807, 2.05) is 49.4 Å². The van der Waals surface area contributed by atoms with E-state index in [0.717, 1.165) is 24.0 Å². The van der Waals surface area contributed by atoms with Crippen LogP contribution in [0.2, 0.25) is 0 Å². The van der Waals surface area contributed by atoms with Crippen molar-refractivity contribution in [1.82, 2.24) is 10.6 Å². The summed E-state index contributed by atoms with van der Waals surface area (Å²) in [4.78, 5) is 12.2. The molecule has 0 heterocycles. The molecule has 0 aliphatic heterocycles. The number of hydrogen-bond donors (Lipinski definition) is 3. The van der Waals surface area contributed by atoms with Gasteiger partial charge < -0.3 is 15.7 Å². The molecular formula is C20H24N2O2. The van der Waals surface area contributed by atoms with Crippen LogP contribution in [-0.4, -0.2) is 23.3 Å². The molecule has 2 aromatic carbocycles. The number of aryl methyl sites for hydroxylation is 1. The molecule has 0 spiro atoms. The molecular weight excluding hydrogens is 300 g/mol. The lowest BCUT2D eigenvalue weighted by atomic mass is 10.1. The Labute approximate surface area is 142 Å². The van der Waals surface area contributed by atoms with Gasteiger partial charge in [0.15, 0.2) is 0 Å². The number of hydrogen-bond acceptors (Lipinski definition) is 2. The zero-order valence-corrected chi connectivity index (χ0v) is 13.9. The van der Waals surface area contributed by atoms with E-state index in [1.54, 1.807) is 0 Å². The van der Waals surface area contributed by atoms with Crippen LogP contribution in [-0.2, 0) is 12.8 Å². The number of nitrogens with one attached hydrogen (secondary N) is 2. The van der Waals surface area contributed by atoms with Crippen LogP contribution in [0.15, 0.2) is 54.6 Å². The maximum atomic E-state index is 12.2. The van der Waals surface area contributed by atoms with Crippen molar-refractivity contribution in [3.8, 4) is 0 Å². The summed E-state index contributed by atoms with van der Waals surface area (Å²) in [5.41, 5.74) is 3.39. The Kier molecular flexibility index (Phi) is 5.16. The van der Waals surface area contributed by atoms with Crippen molar-refractivity contribution in [3.63, 3.8) is 0 Å². The van der Waals surface area contributed by atoms with E-state index in [0.29, 0.717) is 6.42 Å². The van der Waals surface area contributed by atoms with Crippen molar-refractivity contribution in [2.75, 3.05) is 0 Å². The topological polar surface area (TPSA) is 61.4 Å². The Morgan fingerprint density at radius 2 is 1.88 bits per heavy atom. The fraction of sp³-hybridized carbons (Fsp3) is 0.350. The molecule has 2 amide bonds. The van der Waals surface area contributed by atoms with Crippen molar-refractivity contribution in [1.29, 1.82) is 0 Å². The molecule has 3 atom stereocenters. The maximum Gasteiger partial charge on any atom is 0.315 e. The van der Waals surface area contributed by atoms with Gasteiger partial charge in [0.25, 0.3) is 0 Å². The van der Waals surface area contributed by atoms with Gasteiger partial charge in [-0.2, -0.15) is 0 Å². The monoisotopic (exact) mass is 324 g/mol. The van der Waals surface area contributed by atoms with Crippen LogP contribution in [0, 0.1) is 0 Å². The zero-order valence-electron chi connectivity index (χ0n) is 13.9. The standard InChI is InChI=1S/C20H24N2O2/c1-14(11-12-15-7-3-2-4-8-15)21-20(24)22-19-17-10-6-5-9-16(17)13-18(19)23/h2-10,14,18-19,23H,11-13H2,1H3,(H2,21,22,24). The predicted octanol–water partition coefficient (Wildman–Crippen LogP) is 2.97. The lowest BCUT2D eigenvalue weighted by Gasteiger charge is -2.21. The summed E-state index contributed by atoms with van der Waals surface area (Å²) in [5.74, 6) is 0. The van der Waals surface area contributed by atoms with Gasteiger partial charge in [0.05, 0.1) is 12.1 Å². The van der Waals surface area contributed by atoms with Gasteiger partial charge in [-0.25, -0.2) is 4.79 Å². The lowest BCUT2D eigenvalue weighted by Crippen LogP contribution is -2.44. The lowest BCUT2D eigenvalue weighted by molar-refractivity contribution is 0.142. The van der Waals surface area contributed by atoms with E-state index in [2.05, 4.69) is 22.8 Å². The summed E-state index contributed by atoms with van der Waals surface area (Å²) >= 11 is 0. The van der Waals surface area contributed by atoms with Crippen LogP contribution in [0.4, 0.5) is 4.79 Å². The van der Waals surface area contributed by atoms with Crippen molar-refractivity contribution < 1.29 is 9.90 Å². The largest absolute Gasteiger partial charge is 0.390 e. The van der Waals surface area contributed by atoms with E-state index in [4.69, 9.17) is 0 Å². The van der Waals surface area contributed by atoms with Gasteiger partial charge >= 0.3 is 6.03 Å². The number of carbonyl (C=O) groups excluding carboxylic acids is 1. The second kappa shape index (κ2) is 7.49. The molecule has 3 N–H and O–H groups in total. The smallest absolute Gasteiger partial charge is 0.315 e. The second-order valence-electron chi connectivity index (χ2n) is 6.49. The van der Waals surface area contributed by atoms with Crippen molar-refractivity contribution in [2.45, 2.75) is 44.4 Å². The summed E-state index contributed by atoms with van der Waals surface area (Å²) in [7, 11) is 0. The summed E-state index contributed by atoms with van der Waals surface area (Å²) in [6, 6.07) is 17.6. The normalized spacial score (nSPS) is 20.2. The molecule has 4 heteroatoms. The first-order chi connectivity index (χ1) is 11.6. The number of carbonyl (C=O) groups is 1. The molecule has 1 aliphatic carbocycles. The van der Waals surface area contributed by atoms with Gasteiger partial charge in [0, 0.05) is 12.5 Å². The highest BCUT2D eigenvalue weighted by Crippen LogP contribution is 2.31. The molecule has 0 aromatic heterocycles. The Morgan fingerprint density at radius 1 is 1.17 bits per heavy atom. The highest BCUT2D eigenvalue weighted by molar-refractivity contribution is 5.75. The van der Waals surface area contributed by atoms with Crippen molar-refractivity contribution in [3.05, 3.63) is 71.3 Å². The number of rotatable bonds is 5. The second-order valence-corrected chi connectivity index (χ2v) is 6.49. The van der Waals surface area contributed by atoms with Crippen molar-refractivity contribution >= 4 is 6.03 Å². The SMILES string of the molecule is CC(CCc1ccccc1)NC(=O)NC1c2ccccc2CC1O. The minimum atomic E-state index is -0.562. The first-order valence-corrected chi connectivity index (χ1v) is 8.50. The Hall–Kier alpha value is -2.33. The van der Waals surface area contributed by atoms with E-state index < -0.39 is 6.10 Å². The zero-order chi connectivity index (χ0) is 16.9. The fourth-order valence-corrected chi connectivity index (χ4v) is 3.25. The molecule has 4 nitrogen and oxygen atoms in total. The molecule has 0 radical (unpaired) electrons. The van der Waals surface area contributed by atoms with E-state index in [9.17, 15) is 9.90 Å². The summed E-state index contributed by atoms with van der Waals surface area (Å²) in [6.45, 7) is 2.00. The first-order valence-electron chi connectivity index (χ1n) is 8.50. The minimum Gasteiger partial charge on any atom is -0.390 e. The Balaban J connectivity index is 1.50. The number of benzene rings is 2. The van der Waals surface area contributed by atoms with Gasteiger partial charge in [-0.1, -0.05) is 54.6 Å². The molecule has 126 valence electrons. The molecule has 0 saturated carbocycles. The van der Waals surface area contributed by atoms with Crippen LogP contribution >= 0.6 is 0 Å². The van der Waals surface area contributed by atoms with Gasteiger partial charge in [0.1, 0.15) is 0 Å². The molecule has 3 rings (SSSR count). The molecule has 0 bridgehead atoms. The van der Waals surface area contributed by atoms with E-state index in [1.165, 1.54) is 5.56 Å². The maximum absolute atomic E-state index is 12.2. The van der Waals surface area contributed by atoms with Gasteiger partial charge in [0.2, 0.25) is 0 Å². The average molecular weight is 324 g/mol. The third-order valence-corrected chi connectivity index (χ3v) is 4.58. The van der Waals surface area contributed by atoms with Gasteiger partial charge in [-0.3, -0.25) is 0 Å². The van der Waals surface area contributed by atoms with Gasteiger partial charge in [-0.05, 0) is 36.5 Å². The molecule has 3 unspecified atom stereocenters. The number of urea groups is 1. The molecule has 0 saturated heterocycles. The predicted molar refractivity (Wildman–Crippen MR) is 94.8 cm³/mol. The summed E-state index contributed by atoms with van der Waals surface area (Å²) in [6.07, 6.45) is 1.83.